The maximum absolute atomic E-state index is 10.8. The van der Waals surface area contributed by atoms with Gasteiger partial charge in [-0.1, -0.05) is 30.1 Å². The predicted molar refractivity (Wildman–Crippen MR) is 77.8 cm³/mol. The van der Waals surface area contributed by atoms with Crippen LogP contribution in [0.5, 0.6) is 0 Å². The Bertz CT molecular complexity index is 491. The topological polar surface area (TPSA) is 26.3 Å². The molecule has 0 atom stereocenters. The molecular weight excluding hydrogens is 236 g/mol. The van der Waals surface area contributed by atoms with E-state index < -0.39 is 0 Å². The molecule has 19 heavy (non-hydrogen) atoms. The number of rotatable bonds is 6. The Morgan fingerprint density at radius 2 is 1.89 bits per heavy atom. The molecule has 0 aliphatic heterocycles. The minimum Gasteiger partial charge on any atom is -0.469 e. The number of ether oxygens (including phenoxy) is 1. The lowest BCUT2D eigenvalue weighted by Crippen LogP contribution is -1.98. The monoisotopic (exact) mass is 254 g/mol. The second kappa shape index (κ2) is 13.7. The lowest BCUT2D eigenvalue weighted by molar-refractivity contribution is -0.140. The largest absolute Gasteiger partial charge is 0.469 e. The average Bonchev–Trinajstić information content (AvgIpc) is 2.43. The van der Waals surface area contributed by atoms with E-state index in [1.54, 1.807) is 13.0 Å². The van der Waals surface area contributed by atoms with Gasteiger partial charge in [-0.2, -0.15) is 0 Å². The Labute approximate surface area is 115 Å². The molecule has 0 spiro atoms. The van der Waals surface area contributed by atoms with E-state index in [1.165, 1.54) is 7.11 Å². The van der Waals surface area contributed by atoms with Crippen molar-refractivity contribution in [2.75, 3.05) is 7.11 Å². The van der Waals surface area contributed by atoms with Gasteiger partial charge in [-0.3, -0.25) is 4.79 Å². The van der Waals surface area contributed by atoms with Gasteiger partial charge in [-0.05, 0) is 55.9 Å². The fourth-order valence-electron chi connectivity index (χ4n) is 1.11. The molecule has 0 aromatic heterocycles. The first kappa shape index (κ1) is 16.6. The highest BCUT2D eigenvalue weighted by Gasteiger charge is 1.97. The molecule has 0 unspecified atom stereocenters. The third kappa shape index (κ3) is 13.6. The number of carbonyl (C=O) groups is 1. The van der Waals surface area contributed by atoms with E-state index in [0.29, 0.717) is 6.42 Å². The zero-order chi connectivity index (χ0) is 14.2. The molecule has 0 amide bonds. The molecule has 0 aromatic rings. The van der Waals surface area contributed by atoms with Crippen LogP contribution in [0.1, 0.15) is 32.6 Å². The summed E-state index contributed by atoms with van der Waals surface area (Å²) < 4.78 is 4.55. The molecular formula is C17H18O2. The standard InChI is InChI=1S/C17H18O2/c1-3-4-5-6-7-8-9-10-11-12-13-14-15-16-17(18)19-2/h9-12H,13-16H2,1-2H3. The lowest BCUT2D eigenvalue weighted by atomic mass is 10.2. The first-order chi connectivity index (χ1) is 9.31. The van der Waals surface area contributed by atoms with Crippen molar-refractivity contribution in [2.24, 2.45) is 0 Å². The van der Waals surface area contributed by atoms with Crippen LogP contribution < -0.4 is 0 Å². The second-order valence-corrected chi connectivity index (χ2v) is 3.50. The van der Waals surface area contributed by atoms with Crippen molar-refractivity contribution in [3.8, 4) is 35.5 Å². The molecule has 0 radical (unpaired) electrons. The normalized spacial score (nSPS) is 8.95. The summed E-state index contributed by atoms with van der Waals surface area (Å²) >= 11 is 0. The molecule has 0 saturated carbocycles. The number of esters is 1. The van der Waals surface area contributed by atoms with Gasteiger partial charge in [-0.25, -0.2) is 0 Å². The summed E-state index contributed by atoms with van der Waals surface area (Å²) in [4.78, 5) is 10.8. The number of allylic oxidation sites excluding steroid dienone is 4. The molecule has 98 valence electrons. The quantitative estimate of drug-likeness (QED) is 0.315. The summed E-state index contributed by atoms with van der Waals surface area (Å²) in [7, 11) is 1.41. The van der Waals surface area contributed by atoms with Crippen molar-refractivity contribution < 1.29 is 9.53 Å². The van der Waals surface area contributed by atoms with E-state index in [1.807, 2.05) is 18.2 Å². The number of hydrogen-bond donors (Lipinski definition) is 0. The molecule has 0 rings (SSSR count). The minimum absolute atomic E-state index is 0.145. The Morgan fingerprint density at radius 3 is 2.63 bits per heavy atom. The van der Waals surface area contributed by atoms with Crippen LogP contribution in [-0.2, 0) is 9.53 Å². The van der Waals surface area contributed by atoms with Gasteiger partial charge >= 0.3 is 5.97 Å². The van der Waals surface area contributed by atoms with Crippen LogP contribution in [0.3, 0.4) is 0 Å². The number of unbranched alkanes of at least 4 members (excludes halogenated alkanes) is 2. The summed E-state index contributed by atoms with van der Waals surface area (Å²) in [5.74, 6) is 15.8. The third-order valence-electron chi connectivity index (χ3n) is 2.04. The molecule has 2 heteroatoms. The van der Waals surface area contributed by atoms with Crippen molar-refractivity contribution in [3.63, 3.8) is 0 Å². The van der Waals surface area contributed by atoms with E-state index in [9.17, 15) is 4.79 Å². The van der Waals surface area contributed by atoms with Crippen molar-refractivity contribution in [2.45, 2.75) is 32.6 Å². The van der Waals surface area contributed by atoms with E-state index in [4.69, 9.17) is 0 Å². The zero-order valence-electron chi connectivity index (χ0n) is 11.5. The van der Waals surface area contributed by atoms with Gasteiger partial charge in [0.05, 0.1) is 7.11 Å². The van der Waals surface area contributed by atoms with Crippen molar-refractivity contribution >= 4 is 5.97 Å². The van der Waals surface area contributed by atoms with Crippen LogP contribution >= 0.6 is 0 Å². The van der Waals surface area contributed by atoms with Crippen molar-refractivity contribution in [1.82, 2.24) is 0 Å². The fraction of sp³-hybridized carbons (Fsp3) is 0.353. The highest BCUT2D eigenvalue weighted by atomic mass is 16.5. The Morgan fingerprint density at radius 1 is 1.11 bits per heavy atom. The van der Waals surface area contributed by atoms with Crippen LogP contribution in [0.25, 0.3) is 0 Å². The lowest BCUT2D eigenvalue weighted by Gasteiger charge is -1.96. The van der Waals surface area contributed by atoms with Gasteiger partial charge in [0.1, 0.15) is 0 Å². The Balaban J connectivity index is 3.65. The molecule has 0 saturated heterocycles. The summed E-state index contributed by atoms with van der Waals surface area (Å²) in [5, 5.41) is 0. The number of carbonyl (C=O) groups excluding carboxylic acids is 1. The van der Waals surface area contributed by atoms with Gasteiger partial charge < -0.3 is 4.74 Å². The second-order valence-electron chi connectivity index (χ2n) is 3.50. The van der Waals surface area contributed by atoms with E-state index in [0.717, 1.165) is 19.3 Å². The zero-order valence-corrected chi connectivity index (χ0v) is 11.5. The fourth-order valence-corrected chi connectivity index (χ4v) is 1.11. The maximum atomic E-state index is 10.8. The van der Waals surface area contributed by atoms with Gasteiger partial charge in [0.2, 0.25) is 0 Å². The summed E-state index contributed by atoms with van der Waals surface area (Å²) in [6.45, 7) is 1.73. The molecule has 0 fully saturated rings. The van der Waals surface area contributed by atoms with Crippen molar-refractivity contribution in [1.29, 1.82) is 0 Å². The molecule has 0 bridgehead atoms. The van der Waals surface area contributed by atoms with Crippen LogP contribution in [0.4, 0.5) is 0 Å². The minimum atomic E-state index is -0.145. The summed E-state index contributed by atoms with van der Waals surface area (Å²) in [6.07, 6.45) is 10.8. The van der Waals surface area contributed by atoms with Gasteiger partial charge in [-0.15, -0.1) is 0 Å². The highest BCUT2D eigenvalue weighted by Crippen LogP contribution is 2.01. The van der Waals surface area contributed by atoms with Crippen LogP contribution in [0.2, 0.25) is 0 Å². The Kier molecular flexibility index (Phi) is 12.0. The van der Waals surface area contributed by atoms with Crippen molar-refractivity contribution in [3.05, 3.63) is 24.3 Å². The van der Waals surface area contributed by atoms with E-state index >= 15 is 0 Å². The number of methoxy groups -OCH3 is 1. The molecule has 2 nitrogen and oxygen atoms in total. The first-order valence-electron chi connectivity index (χ1n) is 6.12. The highest BCUT2D eigenvalue weighted by molar-refractivity contribution is 5.68. The molecule has 0 N–H and O–H groups in total. The SMILES string of the molecule is CC#CC#CC#CC=CC=CCCCCC(=O)OC. The van der Waals surface area contributed by atoms with Gasteiger partial charge in [0.25, 0.3) is 0 Å². The van der Waals surface area contributed by atoms with Gasteiger partial charge in [0, 0.05) is 6.42 Å². The van der Waals surface area contributed by atoms with E-state index in [2.05, 4.69) is 40.3 Å². The van der Waals surface area contributed by atoms with Crippen LogP contribution in [-0.4, -0.2) is 13.1 Å². The smallest absolute Gasteiger partial charge is 0.305 e. The van der Waals surface area contributed by atoms with E-state index in [-0.39, 0.29) is 5.97 Å². The average molecular weight is 254 g/mol. The summed E-state index contributed by atoms with van der Waals surface area (Å²) in [6, 6.07) is 0. The van der Waals surface area contributed by atoms with Crippen LogP contribution in [0.15, 0.2) is 24.3 Å². The van der Waals surface area contributed by atoms with Gasteiger partial charge in [0.15, 0.2) is 0 Å². The summed E-state index contributed by atoms with van der Waals surface area (Å²) in [5.41, 5.74) is 0. The first-order valence-corrected chi connectivity index (χ1v) is 6.12. The predicted octanol–water partition coefficient (Wildman–Crippen LogP) is 2.86. The molecule has 0 heterocycles. The number of hydrogen-bond acceptors (Lipinski definition) is 2. The maximum Gasteiger partial charge on any atom is 0.305 e. The third-order valence-corrected chi connectivity index (χ3v) is 2.04. The van der Waals surface area contributed by atoms with Crippen LogP contribution in [0, 0.1) is 35.5 Å². The molecule has 0 aromatic carbocycles. The Hall–Kier alpha value is -2.37. The molecule has 0 aliphatic rings. The molecule has 0 aliphatic carbocycles.